The van der Waals surface area contributed by atoms with Crippen LogP contribution in [-0.4, -0.2) is 5.91 Å². The summed E-state index contributed by atoms with van der Waals surface area (Å²) in [6.07, 6.45) is 0. The van der Waals surface area contributed by atoms with Gasteiger partial charge in [-0.3, -0.25) is 4.79 Å². The van der Waals surface area contributed by atoms with Crippen LogP contribution in [0.25, 0.3) is 0 Å². The Kier molecular flexibility index (Phi) is 5.07. The summed E-state index contributed by atoms with van der Waals surface area (Å²) in [5.74, 6) is -0.939. The minimum absolute atomic E-state index is 0.0938. The molecule has 0 spiro atoms. The van der Waals surface area contributed by atoms with Gasteiger partial charge in [-0.25, -0.2) is 4.39 Å². The Bertz CT molecular complexity index is 671. The summed E-state index contributed by atoms with van der Waals surface area (Å²) < 4.78 is 14.2. The molecule has 0 atom stereocenters. The van der Waals surface area contributed by atoms with Gasteiger partial charge in [0.15, 0.2) is 0 Å². The molecule has 2 aromatic rings. The van der Waals surface area contributed by atoms with Gasteiger partial charge in [-0.05, 0) is 46.3 Å². The summed E-state index contributed by atoms with van der Waals surface area (Å²) in [6.45, 7) is 0. The smallest absolute Gasteiger partial charge is 0.257 e. The van der Waals surface area contributed by atoms with Crippen LogP contribution < -0.4 is 5.32 Å². The first-order chi connectivity index (χ1) is 9.38. The zero-order chi connectivity index (χ0) is 14.9. The first kappa shape index (κ1) is 15.8. The van der Waals surface area contributed by atoms with E-state index in [1.807, 2.05) is 0 Å². The number of anilines is 1. The Morgan fingerprint density at radius 3 is 2.45 bits per heavy atom. The summed E-state index contributed by atoms with van der Waals surface area (Å²) >= 11 is 18.3. The zero-order valence-electron chi connectivity index (χ0n) is 9.68. The summed E-state index contributed by atoms with van der Waals surface area (Å²) in [4.78, 5) is 12.2. The fraction of sp³-hybridized carbons (Fsp3) is 0. The quantitative estimate of drug-likeness (QED) is 0.616. The SMILES string of the molecule is O=C(Nc1c(Cl)cc(F)cc1Br)c1cc(Br)ccc1Cl. The highest BCUT2D eigenvalue weighted by Gasteiger charge is 2.15. The highest BCUT2D eigenvalue weighted by Crippen LogP contribution is 2.32. The Morgan fingerprint density at radius 1 is 1.10 bits per heavy atom. The number of hydrogen-bond donors (Lipinski definition) is 1. The Labute approximate surface area is 141 Å². The maximum absolute atomic E-state index is 13.1. The van der Waals surface area contributed by atoms with E-state index in [1.165, 1.54) is 6.07 Å². The van der Waals surface area contributed by atoms with E-state index in [0.717, 1.165) is 10.5 Å². The molecule has 0 saturated heterocycles. The van der Waals surface area contributed by atoms with Gasteiger partial charge in [-0.1, -0.05) is 39.1 Å². The van der Waals surface area contributed by atoms with E-state index in [4.69, 9.17) is 23.2 Å². The van der Waals surface area contributed by atoms with Gasteiger partial charge >= 0.3 is 0 Å². The van der Waals surface area contributed by atoms with Gasteiger partial charge in [-0.2, -0.15) is 0 Å². The lowest BCUT2D eigenvalue weighted by molar-refractivity contribution is 0.102. The van der Waals surface area contributed by atoms with E-state index in [9.17, 15) is 9.18 Å². The molecule has 0 heterocycles. The average Bonchev–Trinajstić information content (AvgIpc) is 2.36. The minimum Gasteiger partial charge on any atom is -0.320 e. The molecule has 1 N–H and O–H groups in total. The van der Waals surface area contributed by atoms with Gasteiger partial charge < -0.3 is 5.32 Å². The van der Waals surface area contributed by atoms with Crippen molar-refractivity contribution in [1.29, 1.82) is 0 Å². The predicted octanol–water partition coefficient (Wildman–Crippen LogP) is 5.91. The number of rotatable bonds is 2. The van der Waals surface area contributed by atoms with Crippen LogP contribution in [0.15, 0.2) is 39.3 Å². The molecule has 0 aliphatic rings. The van der Waals surface area contributed by atoms with Crippen LogP contribution in [0.2, 0.25) is 10.0 Å². The second-order valence-corrected chi connectivity index (χ2v) is 6.41. The molecular formula is C13H6Br2Cl2FNO. The van der Waals surface area contributed by atoms with Gasteiger partial charge in [0, 0.05) is 8.95 Å². The summed E-state index contributed by atoms with van der Waals surface area (Å²) in [7, 11) is 0. The maximum Gasteiger partial charge on any atom is 0.257 e. The van der Waals surface area contributed by atoms with Crippen molar-refractivity contribution in [3.8, 4) is 0 Å². The zero-order valence-corrected chi connectivity index (χ0v) is 14.4. The molecule has 0 aliphatic heterocycles. The van der Waals surface area contributed by atoms with Crippen LogP contribution in [0.1, 0.15) is 10.4 Å². The van der Waals surface area contributed by atoms with Crippen LogP contribution in [-0.2, 0) is 0 Å². The third kappa shape index (κ3) is 3.52. The van der Waals surface area contributed by atoms with Crippen molar-refractivity contribution in [2.24, 2.45) is 0 Å². The van der Waals surface area contributed by atoms with E-state index >= 15 is 0 Å². The molecule has 0 saturated carbocycles. The van der Waals surface area contributed by atoms with Crippen molar-refractivity contribution in [3.63, 3.8) is 0 Å². The Hall–Kier alpha value is -0.620. The van der Waals surface area contributed by atoms with Crippen molar-refractivity contribution in [2.75, 3.05) is 5.32 Å². The van der Waals surface area contributed by atoms with Crippen molar-refractivity contribution < 1.29 is 9.18 Å². The van der Waals surface area contributed by atoms with Crippen molar-refractivity contribution in [3.05, 3.63) is 60.7 Å². The molecule has 2 nitrogen and oxygen atoms in total. The molecule has 0 fully saturated rings. The Morgan fingerprint density at radius 2 is 1.80 bits per heavy atom. The van der Waals surface area contributed by atoms with E-state index in [2.05, 4.69) is 37.2 Å². The third-order valence-corrected chi connectivity index (χ3v) is 4.16. The van der Waals surface area contributed by atoms with Crippen LogP contribution in [0.5, 0.6) is 0 Å². The van der Waals surface area contributed by atoms with E-state index < -0.39 is 11.7 Å². The van der Waals surface area contributed by atoms with Crippen LogP contribution in [0.3, 0.4) is 0 Å². The van der Waals surface area contributed by atoms with Crippen LogP contribution in [0.4, 0.5) is 10.1 Å². The number of carbonyl (C=O) groups is 1. The number of hydrogen-bond acceptors (Lipinski definition) is 1. The lowest BCUT2D eigenvalue weighted by Gasteiger charge is -2.11. The molecule has 0 unspecified atom stereocenters. The molecule has 0 aromatic heterocycles. The summed E-state index contributed by atoms with van der Waals surface area (Å²) in [6, 6.07) is 7.24. The lowest BCUT2D eigenvalue weighted by Crippen LogP contribution is -2.13. The van der Waals surface area contributed by atoms with Gasteiger partial charge in [-0.15, -0.1) is 0 Å². The minimum atomic E-state index is -0.500. The van der Waals surface area contributed by atoms with Crippen molar-refractivity contribution in [1.82, 2.24) is 0 Å². The fourth-order valence-electron chi connectivity index (χ4n) is 1.51. The number of benzene rings is 2. The second kappa shape index (κ2) is 6.43. The number of nitrogens with one attached hydrogen (secondary N) is 1. The number of carbonyl (C=O) groups excluding carboxylic acids is 1. The fourth-order valence-corrected chi connectivity index (χ4v) is 2.98. The molecule has 0 bridgehead atoms. The monoisotopic (exact) mass is 439 g/mol. The van der Waals surface area contributed by atoms with Crippen molar-refractivity contribution >= 4 is 66.7 Å². The highest BCUT2D eigenvalue weighted by molar-refractivity contribution is 9.10. The predicted molar refractivity (Wildman–Crippen MR) is 86.2 cm³/mol. The van der Waals surface area contributed by atoms with Gasteiger partial charge in [0.2, 0.25) is 0 Å². The van der Waals surface area contributed by atoms with Gasteiger partial charge in [0.25, 0.3) is 5.91 Å². The lowest BCUT2D eigenvalue weighted by atomic mass is 10.2. The van der Waals surface area contributed by atoms with Crippen LogP contribution in [0, 0.1) is 5.82 Å². The summed E-state index contributed by atoms with van der Waals surface area (Å²) in [5, 5.41) is 3.00. The average molecular weight is 442 g/mol. The van der Waals surface area contributed by atoms with E-state index in [1.54, 1.807) is 18.2 Å². The molecule has 0 radical (unpaired) electrons. The van der Waals surface area contributed by atoms with Crippen LogP contribution >= 0.6 is 55.1 Å². The Balaban J connectivity index is 2.35. The van der Waals surface area contributed by atoms with Gasteiger partial charge in [0.1, 0.15) is 5.82 Å². The van der Waals surface area contributed by atoms with Crippen molar-refractivity contribution in [2.45, 2.75) is 0 Å². The molecule has 1 amide bonds. The molecule has 0 aliphatic carbocycles. The molecule has 7 heteroatoms. The molecular weight excluding hydrogens is 436 g/mol. The summed E-state index contributed by atoms with van der Waals surface area (Å²) in [5.41, 5.74) is 0.572. The standard InChI is InChI=1S/C13H6Br2Cl2FNO/c14-6-1-2-10(16)8(3-6)13(20)19-12-9(15)4-7(18)5-11(12)17/h1-5H,(H,19,20). The van der Waals surface area contributed by atoms with E-state index in [-0.39, 0.29) is 16.3 Å². The van der Waals surface area contributed by atoms with E-state index in [0.29, 0.717) is 9.50 Å². The number of amides is 1. The maximum atomic E-state index is 13.1. The first-order valence-corrected chi connectivity index (χ1v) is 7.63. The second-order valence-electron chi connectivity index (χ2n) is 3.82. The van der Waals surface area contributed by atoms with Gasteiger partial charge in [0.05, 0.1) is 21.3 Å². The number of halogens is 5. The molecule has 104 valence electrons. The largest absolute Gasteiger partial charge is 0.320 e. The highest BCUT2D eigenvalue weighted by atomic mass is 79.9. The first-order valence-electron chi connectivity index (χ1n) is 5.29. The molecule has 20 heavy (non-hydrogen) atoms. The molecule has 2 rings (SSSR count). The normalized spacial score (nSPS) is 10.4. The third-order valence-electron chi connectivity index (χ3n) is 2.42. The molecule has 2 aromatic carbocycles. The topological polar surface area (TPSA) is 29.1 Å².